The fourth-order valence-corrected chi connectivity index (χ4v) is 6.45. The molecule has 1 aromatic heterocycles. The number of amides is 6. The van der Waals surface area contributed by atoms with Crippen molar-refractivity contribution in [2.45, 2.75) is 44.6 Å². The Balaban J connectivity index is 1.44. The Morgan fingerprint density at radius 2 is 1.91 bits per heavy atom. The SMILES string of the molecule is C=CCN1CC(=O)N2[C@@H](CCCCNC(N)=O)C(=O)N(Cc3cccc4scnc34)C[C@@H]2N1C(=O)NCc1ccccc1. The minimum Gasteiger partial charge on any atom is -0.352 e. The van der Waals surface area contributed by atoms with Gasteiger partial charge in [-0.2, -0.15) is 0 Å². The van der Waals surface area contributed by atoms with Gasteiger partial charge in [0.1, 0.15) is 12.2 Å². The van der Waals surface area contributed by atoms with Gasteiger partial charge in [0.05, 0.1) is 28.8 Å². The van der Waals surface area contributed by atoms with Gasteiger partial charge >= 0.3 is 12.1 Å². The van der Waals surface area contributed by atoms with Crippen LogP contribution in [0.25, 0.3) is 10.2 Å². The fourth-order valence-electron chi connectivity index (χ4n) is 5.73. The van der Waals surface area contributed by atoms with Gasteiger partial charge in [0.2, 0.25) is 11.8 Å². The third-order valence-corrected chi connectivity index (χ3v) is 8.47. The summed E-state index contributed by atoms with van der Waals surface area (Å²) in [6.45, 7) is 5.15. The van der Waals surface area contributed by atoms with Crippen molar-refractivity contribution in [3.8, 4) is 0 Å². The number of hydrazine groups is 1. The predicted octanol–water partition coefficient (Wildman–Crippen LogP) is 2.63. The highest BCUT2D eigenvalue weighted by molar-refractivity contribution is 7.16. The average molecular weight is 605 g/mol. The van der Waals surface area contributed by atoms with Crippen LogP contribution >= 0.6 is 11.3 Å². The molecule has 0 spiro atoms. The number of unbranched alkanes of at least 4 members (excludes halogenated alkanes) is 1. The summed E-state index contributed by atoms with van der Waals surface area (Å²) >= 11 is 1.53. The molecule has 2 aliphatic heterocycles. The highest BCUT2D eigenvalue weighted by Gasteiger charge is 2.51. The number of nitrogens with zero attached hydrogens (tertiary/aromatic N) is 5. The van der Waals surface area contributed by atoms with Gasteiger partial charge in [-0.15, -0.1) is 17.9 Å². The molecule has 2 atom stereocenters. The zero-order valence-electron chi connectivity index (χ0n) is 23.9. The third-order valence-electron chi connectivity index (χ3n) is 7.67. The molecule has 5 rings (SSSR count). The first kappa shape index (κ1) is 30.0. The van der Waals surface area contributed by atoms with Crippen LogP contribution in [-0.4, -0.2) is 87.1 Å². The quantitative estimate of drug-likeness (QED) is 0.227. The summed E-state index contributed by atoms with van der Waals surface area (Å²) in [5, 5.41) is 8.81. The van der Waals surface area contributed by atoms with Gasteiger partial charge in [0.15, 0.2) is 0 Å². The van der Waals surface area contributed by atoms with Crippen molar-refractivity contribution in [1.82, 2.24) is 35.4 Å². The Kier molecular flexibility index (Phi) is 9.52. The lowest BCUT2D eigenvalue weighted by atomic mass is 10.00. The molecule has 226 valence electrons. The lowest BCUT2D eigenvalue weighted by Crippen LogP contribution is -2.76. The number of carbonyl (C=O) groups excluding carboxylic acids is 4. The van der Waals surface area contributed by atoms with E-state index < -0.39 is 18.2 Å². The standard InChI is InChI=1S/C30H36N8O4S/c1-2-15-36-19-26(39)37-23(12-6-7-14-32-29(31)41)28(40)35(17-22-11-8-13-24-27(22)34-20-43-24)18-25(37)38(36)30(42)33-16-21-9-4-3-5-10-21/h2-5,8-11,13,20,23,25H,1,6-7,12,14-19H2,(H,33,42)(H3,31,32,41)/t23-,25-/m0/s1. The average Bonchev–Trinajstić information content (AvgIpc) is 3.48. The lowest BCUT2D eigenvalue weighted by molar-refractivity contribution is -0.190. The molecule has 2 saturated heterocycles. The molecule has 4 N–H and O–H groups in total. The van der Waals surface area contributed by atoms with E-state index in [9.17, 15) is 19.2 Å². The van der Waals surface area contributed by atoms with Gasteiger partial charge in [-0.1, -0.05) is 48.5 Å². The molecular weight excluding hydrogens is 568 g/mol. The van der Waals surface area contributed by atoms with Crippen LogP contribution in [-0.2, 0) is 22.7 Å². The lowest BCUT2D eigenvalue weighted by Gasteiger charge is -2.55. The summed E-state index contributed by atoms with van der Waals surface area (Å²) in [7, 11) is 0. The van der Waals surface area contributed by atoms with Gasteiger partial charge in [-0.05, 0) is 36.5 Å². The second-order valence-corrected chi connectivity index (χ2v) is 11.4. The third kappa shape index (κ3) is 6.78. The van der Waals surface area contributed by atoms with Crippen LogP contribution < -0.4 is 16.4 Å². The van der Waals surface area contributed by atoms with Crippen molar-refractivity contribution in [3.05, 3.63) is 77.8 Å². The molecule has 0 bridgehead atoms. The molecule has 2 fully saturated rings. The van der Waals surface area contributed by atoms with E-state index in [0.717, 1.165) is 21.3 Å². The van der Waals surface area contributed by atoms with E-state index >= 15 is 0 Å². The maximum absolute atomic E-state index is 14.0. The molecule has 6 amide bonds. The molecule has 0 unspecified atom stereocenters. The monoisotopic (exact) mass is 604 g/mol. The van der Waals surface area contributed by atoms with Crippen LogP contribution in [0.4, 0.5) is 9.59 Å². The number of carbonyl (C=O) groups is 4. The maximum atomic E-state index is 14.0. The first-order valence-electron chi connectivity index (χ1n) is 14.3. The highest BCUT2D eigenvalue weighted by Crippen LogP contribution is 2.31. The van der Waals surface area contributed by atoms with E-state index in [-0.39, 0.29) is 37.5 Å². The summed E-state index contributed by atoms with van der Waals surface area (Å²) in [5.74, 6) is -0.407. The summed E-state index contributed by atoms with van der Waals surface area (Å²) in [5.41, 5.74) is 9.64. The Hall–Kier alpha value is -4.49. The van der Waals surface area contributed by atoms with E-state index in [0.29, 0.717) is 38.9 Å². The smallest absolute Gasteiger partial charge is 0.334 e. The molecule has 3 heterocycles. The van der Waals surface area contributed by atoms with Crippen molar-refractivity contribution in [2.75, 3.05) is 26.2 Å². The number of piperazine rings is 1. The summed E-state index contributed by atoms with van der Waals surface area (Å²) < 4.78 is 1.02. The largest absolute Gasteiger partial charge is 0.352 e. The zero-order valence-corrected chi connectivity index (χ0v) is 24.7. The first-order chi connectivity index (χ1) is 20.9. The number of thiazole rings is 1. The summed E-state index contributed by atoms with van der Waals surface area (Å²) in [6, 6.07) is 13.7. The van der Waals surface area contributed by atoms with Gasteiger partial charge in [0.25, 0.3) is 0 Å². The van der Waals surface area contributed by atoms with Crippen LogP contribution in [0.5, 0.6) is 0 Å². The van der Waals surface area contributed by atoms with Gasteiger partial charge in [0, 0.05) is 26.2 Å². The molecule has 2 aliphatic rings. The van der Waals surface area contributed by atoms with Crippen LogP contribution in [0.15, 0.2) is 66.7 Å². The second kappa shape index (κ2) is 13.7. The Morgan fingerprint density at radius 3 is 2.67 bits per heavy atom. The number of hydrogen-bond acceptors (Lipinski definition) is 7. The Bertz CT molecular complexity index is 1480. The highest BCUT2D eigenvalue weighted by atomic mass is 32.1. The van der Waals surface area contributed by atoms with Crippen LogP contribution in [0.3, 0.4) is 0 Å². The van der Waals surface area contributed by atoms with Crippen LogP contribution in [0.1, 0.15) is 30.4 Å². The zero-order chi connectivity index (χ0) is 30.3. The Labute approximate surface area is 254 Å². The normalized spacial score (nSPS) is 18.9. The molecule has 0 aliphatic carbocycles. The number of nitrogens with two attached hydrogens (primary N) is 1. The second-order valence-electron chi connectivity index (χ2n) is 10.5. The number of primary amides is 1. The van der Waals surface area contributed by atoms with E-state index in [1.807, 2.05) is 48.5 Å². The molecule has 3 aromatic rings. The van der Waals surface area contributed by atoms with E-state index in [2.05, 4.69) is 22.2 Å². The summed E-state index contributed by atoms with van der Waals surface area (Å²) in [4.78, 5) is 60.4. The van der Waals surface area contributed by atoms with Crippen molar-refractivity contribution >= 4 is 45.4 Å². The number of benzene rings is 2. The number of nitrogens with one attached hydrogen (secondary N) is 2. The number of hydrogen-bond donors (Lipinski definition) is 3. The van der Waals surface area contributed by atoms with Crippen LogP contribution in [0, 0.1) is 0 Å². The maximum Gasteiger partial charge on any atom is 0.334 e. The van der Waals surface area contributed by atoms with Crippen LogP contribution in [0.2, 0.25) is 0 Å². The van der Waals surface area contributed by atoms with Crippen molar-refractivity contribution in [3.63, 3.8) is 0 Å². The number of urea groups is 2. The molecule has 43 heavy (non-hydrogen) atoms. The first-order valence-corrected chi connectivity index (χ1v) is 15.2. The Morgan fingerprint density at radius 1 is 1.09 bits per heavy atom. The van der Waals surface area contributed by atoms with Gasteiger partial charge < -0.3 is 26.2 Å². The fraction of sp³-hybridized carbons (Fsp3) is 0.367. The number of rotatable bonds is 11. The summed E-state index contributed by atoms with van der Waals surface area (Å²) in [6.07, 6.45) is 2.46. The minimum absolute atomic E-state index is 0.0631. The van der Waals surface area contributed by atoms with Gasteiger partial charge in [-0.25, -0.2) is 24.6 Å². The predicted molar refractivity (Wildman–Crippen MR) is 163 cm³/mol. The van der Waals surface area contributed by atoms with Crippen molar-refractivity contribution < 1.29 is 19.2 Å². The molecule has 13 heteroatoms. The van der Waals surface area contributed by atoms with E-state index in [1.54, 1.807) is 31.4 Å². The molecule has 12 nitrogen and oxygen atoms in total. The molecule has 0 saturated carbocycles. The minimum atomic E-state index is -0.773. The topological polar surface area (TPSA) is 144 Å². The number of aromatic nitrogens is 1. The van der Waals surface area contributed by atoms with Crippen molar-refractivity contribution in [2.24, 2.45) is 5.73 Å². The van der Waals surface area contributed by atoms with Crippen molar-refractivity contribution in [1.29, 1.82) is 0 Å². The number of fused-ring (bicyclic) bond motifs is 2. The molecule has 0 radical (unpaired) electrons. The van der Waals surface area contributed by atoms with E-state index in [4.69, 9.17) is 5.73 Å². The molecule has 2 aromatic carbocycles. The molecular formula is C30H36N8O4S. The van der Waals surface area contributed by atoms with E-state index in [1.165, 1.54) is 11.3 Å². The number of para-hydroxylation sites is 1. The van der Waals surface area contributed by atoms with Gasteiger partial charge in [-0.3, -0.25) is 9.59 Å².